The second-order valence-corrected chi connectivity index (χ2v) is 7.74. The summed E-state index contributed by atoms with van der Waals surface area (Å²) < 4.78 is 11.4. The van der Waals surface area contributed by atoms with Crippen LogP contribution in [0.1, 0.15) is 35.7 Å². The van der Waals surface area contributed by atoms with E-state index in [1.54, 1.807) is 13.0 Å². The Morgan fingerprint density at radius 2 is 2.04 bits per heavy atom. The minimum atomic E-state index is -0.646. The van der Waals surface area contributed by atoms with Crippen molar-refractivity contribution in [2.45, 2.75) is 31.2 Å². The molecule has 1 atom stereocenters. The van der Waals surface area contributed by atoms with Crippen molar-refractivity contribution in [3.63, 3.8) is 0 Å². The average Bonchev–Trinajstić information content (AvgIpc) is 3.22. The number of ether oxygens (including phenoxy) is 1. The molecule has 2 amide bonds. The summed E-state index contributed by atoms with van der Waals surface area (Å²) in [5.74, 6) is -0.549. The van der Waals surface area contributed by atoms with Crippen molar-refractivity contribution in [1.82, 2.24) is 10.6 Å². The predicted octanol–water partition coefficient (Wildman–Crippen LogP) is 3.03. The quantitative estimate of drug-likeness (QED) is 0.731. The van der Waals surface area contributed by atoms with Crippen molar-refractivity contribution in [1.29, 1.82) is 0 Å². The predicted molar refractivity (Wildman–Crippen MR) is 105 cm³/mol. The number of furan rings is 1. The van der Waals surface area contributed by atoms with Crippen LogP contribution >= 0.6 is 15.9 Å². The normalized spacial score (nSPS) is 17.1. The summed E-state index contributed by atoms with van der Waals surface area (Å²) in [4.78, 5) is 24.6. The first-order valence-electron chi connectivity index (χ1n) is 8.95. The maximum Gasteiger partial charge on any atom is 0.255 e. The van der Waals surface area contributed by atoms with Crippen LogP contribution in [0.3, 0.4) is 0 Å². The van der Waals surface area contributed by atoms with Gasteiger partial charge < -0.3 is 19.8 Å². The number of amides is 2. The Morgan fingerprint density at radius 3 is 2.70 bits per heavy atom. The lowest BCUT2D eigenvalue weighted by Crippen LogP contribution is -2.50. The highest BCUT2D eigenvalue weighted by Crippen LogP contribution is 2.35. The molecule has 6 nitrogen and oxygen atoms in total. The minimum absolute atomic E-state index is 0.175. The number of carbonyl (C=O) groups excluding carboxylic acids is 2. The zero-order chi connectivity index (χ0) is 19.3. The van der Waals surface area contributed by atoms with Crippen molar-refractivity contribution in [2.24, 2.45) is 0 Å². The third-order valence-electron chi connectivity index (χ3n) is 5.01. The van der Waals surface area contributed by atoms with Crippen LogP contribution in [0.15, 0.2) is 51.7 Å². The van der Waals surface area contributed by atoms with E-state index in [1.807, 2.05) is 12.1 Å². The van der Waals surface area contributed by atoms with E-state index in [0.29, 0.717) is 25.3 Å². The monoisotopic (exact) mass is 434 g/mol. The van der Waals surface area contributed by atoms with Crippen molar-refractivity contribution in [3.05, 3.63) is 58.5 Å². The van der Waals surface area contributed by atoms with Gasteiger partial charge in [-0.1, -0.05) is 28.1 Å². The molecule has 7 heteroatoms. The topological polar surface area (TPSA) is 80.6 Å². The van der Waals surface area contributed by atoms with Crippen LogP contribution in [0.5, 0.6) is 0 Å². The average molecular weight is 435 g/mol. The number of halogens is 1. The first-order chi connectivity index (χ1) is 13.0. The van der Waals surface area contributed by atoms with E-state index < -0.39 is 6.04 Å². The van der Waals surface area contributed by atoms with Gasteiger partial charge in [-0.3, -0.25) is 9.59 Å². The molecule has 1 aliphatic rings. The van der Waals surface area contributed by atoms with Crippen LogP contribution in [0.25, 0.3) is 0 Å². The summed E-state index contributed by atoms with van der Waals surface area (Å²) in [7, 11) is 0. The fourth-order valence-corrected chi connectivity index (χ4v) is 3.70. The van der Waals surface area contributed by atoms with E-state index in [2.05, 4.69) is 38.7 Å². The molecule has 0 saturated carbocycles. The molecule has 1 fully saturated rings. The summed E-state index contributed by atoms with van der Waals surface area (Å²) >= 11 is 3.53. The third kappa shape index (κ3) is 4.78. The van der Waals surface area contributed by atoms with Crippen LogP contribution < -0.4 is 10.6 Å². The molecule has 1 aromatic carbocycles. The van der Waals surface area contributed by atoms with Gasteiger partial charge in [0.25, 0.3) is 5.91 Å². The molecule has 3 rings (SSSR count). The summed E-state index contributed by atoms with van der Waals surface area (Å²) in [5.41, 5.74) is 1.40. The Morgan fingerprint density at radius 1 is 1.26 bits per heavy atom. The van der Waals surface area contributed by atoms with Crippen molar-refractivity contribution >= 4 is 27.7 Å². The largest absolute Gasteiger partial charge is 0.472 e. The number of rotatable bonds is 6. The highest BCUT2D eigenvalue weighted by Gasteiger charge is 2.35. The summed E-state index contributed by atoms with van der Waals surface area (Å²) in [5, 5.41) is 5.70. The van der Waals surface area contributed by atoms with Gasteiger partial charge in [0, 0.05) is 29.6 Å². The zero-order valence-electron chi connectivity index (χ0n) is 15.2. The molecule has 0 aliphatic carbocycles. The fourth-order valence-electron chi connectivity index (χ4n) is 3.30. The van der Waals surface area contributed by atoms with Crippen LogP contribution in [-0.2, 0) is 14.9 Å². The molecule has 1 unspecified atom stereocenters. The second kappa shape index (κ2) is 8.71. The standard InChI is InChI=1S/C20H23BrN2O4/c1-14(23-19(25)15-5-8-27-12-15)18(24)22-13-20(6-9-26-10-7-20)16-3-2-4-17(21)11-16/h2-5,8,11-12,14H,6-7,9-10,13H2,1H3,(H,22,24)(H,23,25). The second-order valence-electron chi connectivity index (χ2n) is 6.83. The van der Waals surface area contributed by atoms with Gasteiger partial charge in [-0.05, 0) is 43.5 Å². The highest BCUT2D eigenvalue weighted by atomic mass is 79.9. The molecule has 2 N–H and O–H groups in total. The number of hydrogen-bond donors (Lipinski definition) is 2. The maximum atomic E-state index is 12.5. The maximum absolute atomic E-state index is 12.5. The lowest BCUT2D eigenvalue weighted by atomic mass is 9.74. The van der Waals surface area contributed by atoms with Gasteiger partial charge in [0.15, 0.2) is 0 Å². The summed E-state index contributed by atoms with van der Waals surface area (Å²) in [6, 6.07) is 9.10. The SMILES string of the molecule is CC(NC(=O)c1ccoc1)C(=O)NCC1(c2cccc(Br)c2)CCOCC1. The first kappa shape index (κ1) is 19.6. The van der Waals surface area contributed by atoms with E-state index in [0.717, 1.165) is 17.3 Å². The van der Waals surface area contributed by atoms with E-state index in [9.17, 15) is 9.59 Å². The molecular formula is C20H23BrN2O4. The van der Waals surface area contributed by atoms with Gasteiger partial charge in [0.1, 0.15) is 12.3 Å². The first-order valence-corrected chi connectivity index (χ1v) is 9.74. The molecule has 1 saturated heterocycles. The lowest BCUT2D eigenvalue weighted by molar-refractivity contribution is -0.123. The molecule has 0 radical (unpaired) electrons. The lowest BCUT2D eigenvalue weighted by Gasteiger charge is -2.38. The Kier molecular flexibility index (Phi) is 6.34. The van der Waals surface area contributed by atoms with Crippen molar-refractivity contribution < 1.29 is 18.7 Å². The molecule has 1 aliphatic heterocycles. The molecule has 27 heavy (non-hydrogen) atoms. The van der Waals surface area contributed by atoms with Gasteiger partial charge in [-0.25, -0.2) is 0 Å². The molecule has 2 heterocycles. The van der Waals surface area contributed by atoms with E-state index >= 15 is 0 Å². The molecule has 2 aromatic rings. The Balaban J connectivity index is 1.64. The van der Waals surface area contributed by atoms with Gasteiger partial charge in [0.05, 0.1) is 11.8 Å². The van der Waals surface area contributed by atoms with Gasteiger partial charge in [-0.15, -0.1) is 0 Å². The van der Waals surface area contributed by atoms with Gasteiger partial charge in [-0.2, -0.15) is 0 Å². The minimum Gasteiger partial charge on any atom is -0.472 e. The van der Waals surface area contributed by atoms with Gasteiger partial charge >= 0.3 is 0 Å². The fraction of sp³-hybridized carbons (Fsp3) is 0.400. The third-order valence-corrected chi connectivity index (χ3v) is 5.51. The number of nitrogens with one attached hydrogen (secondary N) is 2. The van der Waals surface area contributed by atoms with Crippen LogP contribution in [0, 0.1) is 0 Å². The number of carbonyl (C=O) groups is 2. The van der Waals surface area contributed by atoms with E-state index in [1.165, 1.54) is 18.1 Å². The highest BCUT2D eigenvalue weighted by molar-refractivity contribution is 9.10. The number of benzene rings is 1. The zero-order valence-corrected chi connectivity index (χ0v) is 16.8. The molecular weight excluding hydrogens is 412 g/mol. The Hall–Kier alpha value is -2.12. The van der Waals surface area contributed by atoms with E-state index in [4.69, 9.17) is 9.15 Å². The molecule has 0 spiro atoms. The smallest absolute Gasteiger partial charge is 0.255 e. The summed E-state index contributed by atoms with van der Waals surface area (Å²) in [6.45, 7) is 3.49. The molecule has 144 valence electrons. The summed E-state index contributed by atoms with van der Waals surface area (Å²) in [6.07, 6.45) is 4.44. The van der Waals surface area contributed by atoms with Crippen molar-refractivity contribution in [3.8, 4) is 0 Å². The Bertz CT molecular complexity index is 785. The Labute approximate surface area is 166 Å². The van der Waals surface area contributed by atoms with Gasteiger partial charge in [0.2, 0.25) is 5.91 Å². The molecule has 1 aromatic heterocycles. The van der Waals surface area contributed by atoms with Crippen LogP contribution in [0.4, 0.5) is 0 Å². The van der Waals surface area contributed by atoms with E-state index in [-0.39, 0.29) is 17.2 Å². The number of hydrogen-bond acceptors (Lipinski definition) is 4. The van der Waals surface area contributed by atoms with Crippen LogP contribution in [0.2, 0.25) is 0 Å². The van der Waals surface area contributed by atoms with Crippen LogP contribution in [-0.4, -0.2) is 37.6 Å². The van der Waals surface area contributed by atoms with Crippen molar-refractivity contribution in [2.75, 3.05) is 19.8 Å². The molecule has 0 bridgehead atoms.